The van der Waals surface area contributed by atoms with E-state index >= 15 is 0 Å². The Morgan fingerprint density at radius 3 is 2.80 bits per heavy atom. The van der Waals surface area contributed by atoms with Gasteiger partial charge in [-0.2, -0.15) is 4.31 Å². The molecular weight excluding hydrogens is 272 g/mol. The van der Waals surface area contributed by atoms with E-state index in [9.17, 15) is 8.42 Å². The molecule has 0 saturated carbocycles. The van der Waals surface area contributed by atoms with Crippen molar-refractivity contribution in [2.75, 3.05) is 19.6 Å². The van der Waals surface area contributed by atoms with Crippen LogP contribution in [0, 0.1) is 0 Å². The number of hydrogen-bond donors (Lipinski definition) is 1. The first kappa shape index (κ1) is 15.2. The van der Waals surface area contributed by atoms with Gasteiger partial charge in [-0.25, -0.2) is 8.42 Å². The summed E-state index contributed by atoms with van der Waals surface area (Å²) in [6.45, 7) is 6.68. The summed E-state index contributed by atoms with van der Waals surface area (Å²) in [7, 11) is -3.37. The highest BCUT2D eigenvalue weighted by Gasteiger charge is 2.25. The highest BCUT2D eigenvalue weighted by Crippen LogP contribution is 2.21. The number of sulfonamides is 1. The van der Waals surface area contributed by atoms with Crippen LogP contribution in [0.25, 0.3) is 0 Å². The summed E-state index contributed by atoms with van der Waals surface area (Å²) in [5, 5.41) is 3.21. The summed E-state index contributed by atoms with van der Waals surface area (Å²) in [6.07, 6.45) is 2.81. The van der Waals surface area contributed by atoms with E-state index < -0.39 is 10.0 Å². The van der Waals surface area contributed by atoms with Crippen LogP contribution in [0.5, 0.6) is 0 Å². The van der Waals surface area contributed by atoms with Crippen molar-refractivity contribution in [2.45, 2.75) is 31.7 Å². The lowest BCUT2D eigenvalue weighted by Crippen LogP contribution is -2.34. The van der Waals surface area contributed by atoms with Crippen molar-refractivity contribution in [3.05, 3.63) is 41.5 Å². The minimum atomic E-state index is -3.37. The van der Waals surface area contributed by atoms with Gasteiger partial charge < -0.3 is 5.32 Å². The van der Waals surface area contributed by atoms with Gasteiger partial charge in [-0.3, -0.25) is 0 Å². The molecule has 0 radical (unpaired) electrons. The average Bonchev–Trinajstić information content (AvgIpc) is 2.46. The molecule has 1 aromatic carbocycles. The van der Waals surface area contributed by atoms with Crippen molar-refractivity contribution >= 4 is 10.0 Å². The molecule has 1 heterocycles. The second-order valence-corrected chi connectivity index (χ2v) is 7.03. The third-order valence-corrected chi connectivity index (χ3v) is 5.38. The Hall–Kier alpha value is -1.17. The molecule has 0 bridgehead atoms. The molecule has 0 aromatic heterocycles. The largest absolute Gasteiger partial charge is 0.313 e. The first-order valence-corrected chi connectivity index (χ1v) is 8.43. The van der Waals surface area contributed by atoms with Crippen molar-refractivity contribution in [3.63, 3.8) is 0 Å². The van der Waals surface area contributed by atoms with Crippen molar-refractivity contribution in [3.8, 4) is 0 Å². The molecule has 2 rings (SSSR count). The van der Waals surface area contributed by atoms with Crippen LogP contribution >= 0.6 is 0 Å². The van der Waals surface area contributed by atoms with Crippen LogP contribution in [0.3, 0.4) is 0 Å². The topological polar surface area (TPSA) is 49.4 Å². The zero-order chi connectivity index (χ0) is 14.6. The molecule has 0 atom stereocenters. The summed E-state index contributed by atoms with van der Waals surface area (Å²) in [6, 6.07) is 7.20. The lowest BCUT2D eigenvalue weighted by molar-refractivity contribution is 0.431. The fourth-order valence-corrected chi connectivity index (χ4v) is 3.66. The van der Waals surface area contributed by atoms with Gasteiger partial charge in [0.05, 0.1) is 4.90 Å². The quantitative estimate of drug-likeness (QED) is 0.846. The van der Waals surface area contributed by atoms with Gasteiger partial charge in [-0.05, 0) is 37.6 Å². The highest BCUT2D eigenvalue weighted by molar-refractivity contribution is 7.89. The molecule has 1 aromatic rings. The highest BCUT2D eigenvalue weighted by atomic mass is 32.2. The first-order chi connectivity index (χ1) is 9.54. The Kier molecular flexibility index (Phi) is 4.96. The van der Waals surface area contributed by atoms with Crippen molar-refractivity contribution < 1.29 is 8.42 Å². The smallest absolute Gasteiger partial charge is 0.243 e. The molecule has 110 valence electrons. The molecule has 5 heteroatoms. The predicted octanol–water partition coefficient (Wildman–Crippen LogP) is 2.14. The van der Waals surface area contributed by atoms with Gasteiger partial charge in [0.15, 0.2) is 0 Å². The van der Waals surface area contributed by atoms with E-state index in [2.05, 4.69) is 5.32 Å². The van der Waals surface area contributed by atoms with E-state index in [0.29, 0.717) is 24.5 Å². The average molecular weight is 294 g/mol. The minimum absolute atomic E-state index is 0.390. The zero-order valence-electron chi connectivity index (χ0n) is 12.1. The van der Waals surface area contributed by atoms with Gasteiger partial charge in [0.1, 0.15) is 0 Å². The van der Waals surface area contributed by atoms with Crippen LogP contribution in [0.2, 0.25) is 0 Å². The Morgan fingerprint density at radius 2 is 2.15 bits per heavy atom. The van der Waals surface area contributed by atoms with E-state index in [1.54, 1.807) is 16.4 Å². The Labute approximate surface area is 121 Å². The standard InChI is InChI=1S/C15H22N2O2S/c1-3-16-12-14-5-4-6-15(11-14)20(18,19)17-9-7-13(2)8-10-17/h4-7,11,16H,3,8-10,12H2,1-2H3. The number of benzene rings is 1. The molecule has 0 amide bonds. The third-order valence-electron chi connectivity index (χ3n) is 3.51. The number of hydrogen-bond acceptors (Lipinski definition) is 3. The molecule has 1 N–H and O–H groups in total. The predicted molar refractivity (Wildman–Crippen MR) is 81.0 cm³/mol. The number of nitrogens with zero attached hydrogens (tertiary/aromatic N) is 1. The van der Waals surface area contributed by atoms with Crippen LogP contribution < -0.4 is 5.32 Å². The van der Waals surface area contributed by atoms with Crippen molar-refractivity contribution in [1.82, 2.24) is 9.62 Å². The third kappa shape index (κ3) is 3.48. The summed E-state index contributed by atoms with van der Waals surface area (Å²) in [5.74, 6) is 0. The Bertz CT molecular complexity index is 594. The second-order valence-electron chi connectivity index (χ2n) is 5.09. The van der Waals surface area contributed by atoms with Crippen molar-refractivity contribution in [1.29, 1.82) is 0 Å². The second kappa shape index (κ2) is 6.52. The Morgan fingerprint density at radius 1 is 1.35 bits per heavy atom. The molecule has 0 saturated heterocycles. The molecule has 1 aliphatic heterocycles. The SMILES string of the molecule is CCNCc1cccc(S(=O)(=O)N2CC=C(C)CC2)c1. The summed E-state index contributed by atoms with van der Waals surface area (Å²) >= 11 is 0. The molecular formula is C15H22N2O2S. The van der Waals surface area contributed by atoms with Gasteiger partial charge >= 0.3 is 0 Å². The maximum absolute atomic E-state index is 12.6. The molecule has 1 aliphatic rings. The van der Waals surface area contributed by atoms with Crippen molar-refractivity contribution in [2.24, 2.45) is 0 Å². The lowest BCUT2D eigenvalue weighted by Gasteiger charge is -2.25. The maximum atomic E-state index is 12.6. The lowest BCUT2D eigenvalue weighted by atomic mass is 10.1. The van der Waals surface area contributed by atoms with E-state index in [1.165, 1.54) is 5.57 Å². The van der Waals surface area contributed by atoms with Gasteiger partial charge in [0, 0.05) is 19.6 Å². The molecule has 0 aliphatic carbocycles. The van der Waals surface area contributed by atoms with Gasteiger partial charge in [0.2, 0.25) is 10.0 Å². The molecule has 4 nitrogen and oxygen atoms in total. The molecule has 0 unspecified atom stereocenters. The maximum Gasteiger partial charge on any atom is 0.243 e. The van der Waals surface area contributed by atoms with Crippen LogP contribution in [0.4, 0.5) is 0 Å². The fraction of sp³-hybridized carbons (Fsp3) is 0.467. The minimum Gasteiger partial charge on any atom is -0.313 e. The van der Waals surface area contributed by atoms with Crippen LogP contribution in [0.15, 0.2) is 40.8 Å². The molecule has 0 fully saturated rings. The van der Waals surface area contributed by atoms with E-state index in [-0.39, 0.29) is 0 Å². The van der Waals surface area contributed by atoms with Gasteiger partial charge in [-0.1, -0.05) is 30.7 Å². The Balaban J connectivity index is 2.21. The summed E-state index contributed by atoms with van der Waals surface area (Å²) in [4.78, 5) is 0.390. The van der Waals surface area contributed by atoms with E-state index in [4.69, 9.17) is 0 Å². The van der Waals surface area contributed by atoms with E-state index in [0.717, 1.165) is 18.5 Å². The molecule has 20 heavy (non-hydrogen) atoms. The normalized spacial score (nSPS) is 17.0. The van der Waals surface area contributed by atoms with Crippen LogP contribution in [-0.4, -0.2) is 32.4 Å². The van der Waals surface area contributed by atoms with E-state index in [1.807, 2.05) is 32.1 Å². The zero-order valence-corrected chi connectivity index (χ0v) is 12.9. The van der Waals surface area contributed by atoms with Crippen LogP contribution in [-0.2, 0) is 16.6 Å². The summed E-state index contributed by atoms with van der Waals surface area (Å²) in [5.41, 5.74) is 2.26. The van der Waals surface area contributed by atoms with Gasteiger partial charge in [-0.15, -0.1) is 0 Å². The fourth-order valence-electron chi connectivity index (χ4n) is 2.20. The molecule has 0 spiro atoms. The number of rotatable bonds is 5. The van der Waals surface area contributed by atoms with Gasteiger partial charge in [0.25, 0.3) is 0 Å². The first-order valence-electron chi connectivity index (χ1n) is 6.99. The van der Waals surface area contributed by atoms with Crippen LogP contribution in [0.1, 0.15) is 25.8 Å². The number of nitrogens with one attached hydrogen (secondary N) is 1. The summed E-state index contributed by atoms with van der Waals surface area (Å²) < 4.78 is 26.7. The monoisotopic (exact) mass is 294 g/mol.